The Bertz CT molecular complexity index is 124. The first kappa shape index (κ1) is 12.8. The first-order chi connectivity index (χ1) is 5.38. The van der Waals surface area contributed by atoms with Gasteiger partial charge >= 0.3 is 0 Å². The molecule has 0 spiro atoms. The number of nitrogens with zero attached hydrogens (tertiary/aromatic N) is 1. The molecular weight excluding hydrogens is 220 g/mol. The lowest BCUT2D eigenvalue weighted by Gasteiger charge is -2.26. The van der Waals surface area contributed by atoms with Crippen LogP contribution in [0.25, 0.3) is 0 Å². The molecular formula is C7H14Cl3NO. The third kappa shape index (κ3) is 5.44. The molecule has 1 atom stereocenters. The second kappa shape index (κ2) is 5.51. The Morgan fingerprint density at radius 3 is 2.08 bits per heavy atom. The van der Waals surface area contributed by atoms with Crippen molar-refractivity contribution in [3.63, 3.8) is 0 Å². The van der Waals surface area contributed by atoms with E-state index in [4.69, 9.17) is 39.5 Å². The van der Waals surface area contributed by atoms with Crippen molar-refractivity contribution in [2.75, 3.05) is 27.2 Å². The van der Waals surface area contributed by atoms with Crippen LogP contribution in [0.15, 0.2) is 0 Å². The van der Waals surface area contributed by atoms with Gasteiger partial charge in [0, 0.05) is 13.2 Å². The number of likely N-dealkylation sites (N-methyl/N-ethyl adjacent to an activating group) is 1. The molecule has 0 heterocycles. The zero-order valence-corrected chi connectivity index (χ0v) is 9.75. The van der Waals surface area contributed by atoms with Crippen LogP contribution in [-0.4, -0.2) is 42.0 Å². The van der Waals surface area contributed by atoms with Gasteiger partial charge in [0.2, 0.25) is 3.79 Å². The normalized spacial score (nSPS) is 15.2. The average molecular weight is 235 g/mol. The molecule has 0 N–H and O–H groups in total. The predicted octanol–water partition coefficient (Wildman–Crippen LogP) is 2.32. The van der Waals surface area contributed by atoms with Crippen LogP contribution in [-0.2, 0) is 4.74 Å². The maximum atomic E-state index is 5.70. The lowest BCUT2D eigenvalue weighted by molar-refractivity contribution is 0.0470. The summed E-state index contributed by atoms with van der Waals surface area (Å²) in [6, 6.07) is 0. The number of halogens is 3. The maximum absolute atomic E-state index is 5.70. The second-order valence-corrected chi connectivity index (χ2v) is 5.12. The van der Waals surface area contributed by atoms with Gasteiger partial charge in [0.1, 0.15) is 6.10 Å². The van der Waals surface area contributed by atoms with Gasteiger partial charge in [-0.15, -0.1) is 0 Å². The zero-order valence-electron chi connectivity index (χ0n) is 7.48. The molecule has 0 aliphatic carbocycles. The van der Waals surface area contributed by atoms with Gasteiger partial charge < -0.3 is 9.64 Å². The minimum absolute atomic E-state index is 0.373. The first-order valence-electron chi connectivity index (χ1n) is 3.71. The third-order valence-electron chi connectivity index (χ3n) is 1.26. The van der Waals surface area contributed by atoms with Crippen LogP contribution in [0, 0.1) is 0 Å². The summed E-state index contributed by atoms with van der Waals surface area (Å²) in [6.45, 7) is 3.02. The van der Waals surface area contributed by atoms with E-state index in [1.165, 1.54) is 0 Å². The van der Waals surface area contributed by atoms with Crippen molar-refractivity contribution in [2.24, 2.45) is 0 Å². The summed E-state index contributed by atoms with van der Waals surface area (Å²) >= 11 is 17.1. The van der Waals surface area contributed by atoms with Crippen LogP contribution in [0.5, 0.6) is 0 Å². The van der Waals surface area contributed by atoms with Crippen molar-refractivity contribution in [1.29, 1.82) is 0 Å². The van der Waals surface area contributed by atoms with E-state index in [2.05, 4.69) is 0 Å². The minimum Gasteiger partial charge on any atom is -0.373 e. The lowest BCUT2D eigenvalue weighted by atomic mass is 10.4. The highest BCUT2D eigenvalue weighted by Gasteiger charge is 2.33. The van der Waals surface area contributed by atoms with E-state index in [1.807, 2.05) is 25.9 Å². The molecule has 0 saturated heterocycles. The van der Waals surface area contributed by atoms with Gasteiger partial charge in [-0.3, -0.25) is 0 Å². The monoisotopic (exact) mass is 233 g/mol. The summed E-state index contributed by atoms with van der Waals surface area (Å²) in [6.07, 6.45) is -0.373. The van der Waals surface area contributed by atoms with Gasteiger partial charge in [-0.25, -0.2) is 0 Å². The van der Waals surface area contributed by atoms with Gasteiger partial charge in [0.25, 0.3) is 0 Å². The molecule has 0 saturated carbocycles. The summed E-state index contributed by atoms with van der Waals surface area (Å²) < 4.78 is 3.93. The minimum atomic E-state index is -1.35. The first-order valence-corrected chi connectivity index (χ1v) is 4.84. The number of alkyl halides is 3. The van der Waals surface area contributed by atoms with E-state index in [0.717, 1.165) is 0 Å². The molecule has 2 nitrogen and oxygen atoms in total. The Hall–Kier alpha value is 0.790. The molecule has 12 heavy (non-hydrogen) atoms. The largest absolute Gasteiger partial charge is 0.373 e. The molecule has 0 fully saturated rings. The maximum Gasteiger partial charge on any atom is 0.217 e. The van der Waals surface area contributed by atoms with E-state index in [9.17, 15) is 0 Å². The fraction of sp³-hybridized carbons (Fsp3) is 1.00. The van der Waals surface area contributed by atoms with Crippen LogP contribution < -0.4 is 0 Å². The van der Waals surface area contributed by atoms with Gasteiger partial charge in [-0.05, 0) is 21.0 Å². The van der Waals surface area contributed by atoms with Crippen LogP contribution in [0.4, 0.5) is 0 Å². The Morgan fingerprint density at radius 1 is 1.33 bits per heavy atom. The SMILES string of the molecule is CCO[C@H](CN(C)C)C(Cl)(Cl)Cl. The Kier molecular flexibility index (Phi) is 5.87. The lowest BCUT2D eigenvalue weighted by Crippen LogP contribution is -2.38. The van der Waals surface area contributed by atoms with Gasteiger partial charge in [0.15, 0.2) is 0 Å². The fourth-order valence-electron chi connectivity index (χ4n) is 0.784. The van der Waals surface area contributed by atoms with Crippen molar-refractivity contribution >= 4 is 34.8 Å². The summed E-state index contributed by atoms with van der Waals surface area (Å²) in [4.78, 5) is 1.92. The zero-order chi connectivity index (χ0) is 9.78. The second-order valence-electron chi connectivity index (χ2n) is 2.75. The van der Waals surface area contributed by atoms with Crippen molar-refractivity contribution in [3.8, 4) is 0 Å². The van der Waals surface area contributed by atoms with Crippen LogP contribution in [0.2, 0.25) is 0 Å². The molecule has 74 valence electrons. The van der Waals surface area contributed by atoms with Crippen LogP contribution >= 0.6 is 34.8 Å². The van der Waals surface area contributed by atoms with Gasteiger partial charge in [-0.1, -0.05) is 34.8 Å². The average Bonchev–Trinajstić information content (AvgIpc) is 1.83. The van der Waals surface area contributed by atoms with Crippen LogP contribution in [0.3, 0.4) is 0 Å². The smallest absolute Gasteiger partial charge is 0.217 e. The van der Waals surface area contributed by atoms with Gasteiger partial charge in [-0.2, -0.15) is 0 Å². The number of hydrogen-bond acceptors (Lipinski definition) is 2. The molecule has 0 radical (unpaired) electrons. The number of rotatable bonds is 4. The van der Waals surface area contributed by atoms with E-state index in [-0.39, 0.29) is 6.10 Å². The highest BCUT2D eigenvalue weighted by atomic mass is 35.6. The number of hydrogen-bond donors (Lipinski definition) is 0. The predicted molar refractivity (Wildman–Crippen MR) is 54.3 cm³/mol. The summed E-state index contributed by atoms with van der Waals surface area (Å²) in [5.74, 6) is 0. The molecule has 0 bridgehead atoms. The third-order valence-corrected chi connectivity index (χ3v) is 1.99. The molecule has 0 aliphatic heterocycles. The molecule has 0 unspecified atom stereocenters. The molecule has 5 heteroatoms. The molecule has 0 aromatic carbocycles. The molecule has 0 rings (SSSR count). The quantitative estimate of drug-likeness (QED) is 0.692. The van der Waals surface area contributed by atoms with Crippen molar-refractivity contribution in [1.82, 2.24) is 4.90 Å². The molecule has 0 amide bonds. The Morgan fingerprint density at radius 2 is 1.83 bits per heavy atom. The van der Waals surface area contributed by atoms with E-state index < -0.39 is 3.79 Å². The molecule has 0 aromatic rings. The van der Waals surface area contributed by atoms with Crippen molar-refractivity contribution < 1.29 is 4.74 Å². The highest BCUT2D eigenvalue weighted by Crippen LogP contribution is 2.32. The standard InChI is InChI=1S/C7H14Cl3NO/c1-4-12-6(5-11(2)3)7(8,9)10/h6H,4-5H2,1-3H3/t6-/m1/s1. The Balaban J connectivity index is 4.04. The molecule has 0 aromatic heterocycles. The van der Waals surface area contributed by atoms with E-state index in [0.29, 0.717) is 13.2 Å². The summed E-state index contributed by atoms with van der Waals surface area (Å²) in [5, 5.41) is 0. The molecule has 0 aliphatic rings. The van der Waals surface area contributed by atoms with Gasteiger partial charge in [0.05, 0.1) is 0 Å². The fourth-order valence-corrected chi connectivity index (χ4v) is 1.18. The summed E-state index contributed by atoms with van der Waals surface area (Å²) in [7, 11) is 3.81. The van der Waals surface area contributed by atoms with Crippen molar-refractivity contribution in [2.45, 2.75) is 16.8 Å². The topological polar surface area (TPSA) is 12.5 Å². The van der Waals surface area contributed by atoms with E-state index in [1.54, 1.807) is 0 Å². The van der Waals surface area contributed by atoms with E-state index >= 15 is 0 Å². The highest BCUT2D eigenvalue weighted by molar-refractivity contribution is 6.68. The summed E-state index contributed by atoms with van der Waals surface area (Å²) in [5.41, 5.74) is 0. The van der Waals surface area contributed by atoms with Crippen LogP contribution in [0.1, 0.15) is 6.92 Å². The Labute approximate surface area is 88.7 Å². The number of ether oxygens (including phenoxy) is 1. The van der Waals surface area contributed by atoms with Crippen molar-refractivity contribution in [3.05, 3.63) is 0 Å².